The maximum Gasteiger partial charge on any atom is 0.251 e. The van der Waals surface area contributed by atoms with Crippen LogP contribution in [0.2, 0.25) is 0 Å². The molecular formula is C12H12N4O3S. The molecule has 0 spiro atoms. The van der Waals surface area contributed by atoms with Crippen LogP contribution >= 0.6 is 11.3 Å². The van der Waals surface area contributed by atoms with Crippen LogP contribution in [0, 0.1) is 0 Å². The molecule has 7 nitrogen and oxygen atoms in total. The van der Waals surface area contributed by atoms with Gasteiger partial charge in [0.15, 0.2) is 5.06 Å². The molecule has 1 unspecified atom stereocenters. The van der Waals surface area contributed by atoms with Gasteiger partial charge in [-0.1, -0.05) is 5.21 Å². The zero-order chi connectivity index (χ0) is 14.1. The van der Waals surface area contributed by atoms with E-state index in [-0.39, 0.29) is 11.8 Å². The number of methoxy groups -OCH3 is 1. The van der Waals surface area contributed by atoms with Crippen molar-refractivity contribution >= 4 is 23.2 Å². The Bertz CT molecular complexity index is 663. The fourth-order valence-corrected chi connectivity index (χ4v) is 2.85. The van der Waals surface area contributed by atoms with Crippen molar-refractivity contribution in [3.8, 4) is 16.3 Å². The standard InChI is InChI=1S/C12H12N4O3S/c1-19-12-7(4-5-20-12)8-6-16(15-14-8)9-2-3-10(17)13-11(9)18/h4-6,9H,2-3H2,1H3,(H,13,17,18). The second kappa shape index (κ2) is 5.04. The summed E-state index contributed by atoms with van der Waals surface area (Å²) in [7, 11) is 1.60. The molecule has 3 rings (SSSR count). The Morgan fingerprint density at radius 3 is 3.10 bits per heavy atom. The van der Waals surface area contributed by atoms with E-state index in [0.29, 0.717) is 18.5 Å². The van der Waals surface area contributed by atoms with Crippen molar-refractivity contribution in [1.82, 2.24) is 20.3 Å². The summed E-state index contributed by atoms with van der Waals surface area (Å²) >= 11 is 1.47. The van der Waals surface area contributed by atoms with E-state index in [1.165, 1.54) is 16.0 Å². The first-order valence-corrected chi connectivity index (χ1v) is 6.94. The lowest BCUT2D eigenvalue weighted by Gasteiger charge is -2.20. The van der Waals surface area contributed by atoms with E-state index in [1.54, 1.807) is 13.3 Å². The van der Waals surface area contributed by atoms with Gasteiger partial charge in [-0.25, -0.2) is 4.68 Å². The predicted octanol–water partition coefficient (Wildman–Crippen LogP) is 0.993. The number of carbonyl (C=O) groups is 2. The highest BCUT2D eigenvalue weighted by atomic mass is 32.1. The van der Waals surface area contributed by atoms with Crippen molar-refractivity contribution in [3.63, 3.8) is 0 Å². The molecule has 2 aromatic rings. The van der Waals surface area contributed by atoms with Crippen LogP contribution in [-0.4, -0.2) is 33.9 Å². The lowest BCUT2D eigenvalue weighted by Crippen LogP contribution is -2.41. The van der Waals surface area contributed by atoms with Crippen molar-refractivity contribution in [2.75, 3.05) is 7.11 Å². The SMILES string of the molecule is COc1sccc1-c1cn(C2CCC(=O)NC2=O)nn1. The monoisotopic (exact) mass is 292 g/mol. The molecule has 104 valence electrons. The number of hydrogen-bond donors (Lipinski definition) is 1. The fraction of sp³-hybridized carbons (Fsp3) is 0.333. The van der Waals surface area contributed by atoms with E-state index in [9.17, 15) is 9.59 Å². The highest BCUT2D eigenvalue weighted by molar-refractivity contribution is 7.12. The minimum Gasteiger partial charge on any atom is -0.487 e. The quantitative estimate of drug-likeness (QED) is 0.853. The molecule has 1 aliphatic heterocycles. The molecule has 8 heteroatoms. The predicted molar refractivity (Wildman–Crippen MR) is 71.3 cm³/mol. The van der Waals surface area contributed by atoms with Crippen molar-refractivity contribution in [2.45, 2.75) is 18.9 Å². The molecule has 0 saturated carbocycles. The van der Waals surface area contributed by atoms with E-state index in [1.807, 2.05) is 11.4 Å². The highest BCUT2D eigenvalue weighted by Crippen LogP contribution is 2.34. The van der Waals surface area contributed by atoms with Gasteiger partial charge < -0.3 is 4.74 Å². The van der Waals surface area contributed by atoms with Crippen LogP contribution in [0.4, 0.5) is 0 Å². The Hall–Kier alpha value is -2.22. The Labute approximate surface area is 118 Å². The number of nitrogens with one attached hydrogen (secondary N) is 1. The highest BCUT2D eigenvalue weighted by Gasteiger charge is 2.29. The molecule has 3 heterocycles. The van der Waals surface area contributed by atoms with E-state index >= 15 is 0 Å². The molecule has 0 radical (unpaired) electrons. The Morgan fingerprint density at radius 1 is 1.50 bits per heavy atom. The van der Waals surface area contributed by atoms with Crippen molar-refractivity contribution in [3.05, 3.63) is 17.6 Å². The van der Waals surface area contributed by atoms with E-state index in [2.05, 4.69) is 15.6 Å². The maximum atomic E-state index is 11.8. The van der Waals surface area contributed by atoms with E-state index < -0.39 is 6.04 Å². The Morgan fingerprint density at radius 2 is 2.35 bits per heavy atom. The van der Waals surface area contributed by atoms with Crippen LogP contribution in [0.3, 0.4) is 0 Å². The zero-order valence-corrected chi connectivity index (χ0v) is 11.5. The van der Waals surface area contributed by atoms with Gasteiger partial charge in [-0.05, 0) is 17.9 Å². The van der Waals surface area contributed by atoms with Gasteiger partial charge in [0.2, 0.25) is 5.91 Å². The normalized spacial score (nSPS) is 18.9. The minimum absolute atomic E-state index is 0.244. The minimum atomic E-state index is -0.487. The molecule has 2 aromatic heterocycles. The summed E-state index contributed by atoms with van der Waals surface area (Å²) in [6.45, 7) is 0. The summed E-state index contributed by atoms with van der Waals surface area (Å²) in [5.41, 5.74) is 1.49. The van der Waals surface area contributed by atoms with E-state index in [4.69, 9.17) is 4.74 Å². The topological polar surface area (TPSA) is 86.1 Å². The van der Waals surface area contributed by atoms with E-state index in [0.717, 1.165) is 10.6 Å². The number of rotatable bonds is 3. The number of imide groups is 1. The van der Waals surface area contributed by atoms with Crippen molar-refractivity contribution in [1.29, 1.82) is 0 Å². The Balaban J connectivity index is 1.87. The summed E-state index contributed by atoms with van der Waals surface area (Å²) in [5.74, 6) is -0.582. The summed E-state index contributed by atoms with van der Waals surface area (Å²) in [6, 6.07) is 1.40. The summed E-state index contributed by atoms with van der Waals surface area (Å²) in [5, 5.41) is 13.0. The van der Waals surface area contributed by atoms with Crippen molar-refractivity contribution < 1.29 is 14.3 Å². The Kier molecular flexibility index (Phi) is 3.23. The number of nitrogens with zero attached hydrogens (tertiary/aromatic N) is 3. The smallest absolute Gasteiger partial charge is 0.251 e. The van der Waals surface area contributed by atoms with Crippen LogP contribution in [0.5, 0.6) is 5.06 Å². The molecule has 1 atom stereocenters. The average Bonchev–Trinajstić information content (AvgIpc) is 3.06. The lowest BCUT2D eigenvalue weighted by molar-refractivity contribution is -0.136. The third-order valence-corrected chi connectivity index (χ3v) is 4.00. The molecule has 1 fully saturated rings. The molecule has 0 bridgehead atoms. The van der Waals surface area contributed by atoms with Gasteiger partial charge in [0.05, 0.1) is 18.9 Å². The van der Waals surface area contributed by atoms with Crippen LogP contribution in [0.1, 0.15) is 18.9 Å². The third kappa shape index (κ3) is 2.18. The lowest BCUT2D eigenvalue weighted by atomic mass is 10.1. The molecule has 2 amide bonds. The van der Waals surface area contributed by atoms with Crippen LogP contribution in [-0.2, 0) is 9.59 Å². The van der Waals surface area contributed by atoms with Gasteiger partial charge in [-0.15, -0.1) is 16.4 Å². The van der Waals surface area contributed by atoms with Gasteiger partial charge >= 0.3 is 0 Å². The number of amides is 2. The number of aromatic nitrogens is 3. The first-order chi connectivity index (χ1) is 9.69. The second-order valence-electron chi connectivity index (χ2n) is 4.38. The number of carbonyl (C=O) groups excluding carboxylic acids is 2. The van der Waals surface area contributed by atoms with Crippen LogP contribution in [0.25, 0.3) is 11.3 Å². The third-order valence-electron chi connectivity index (χ3n) is 3.13. The molecular weight excluding hydrogens is 280 g/mol. The summed E-state index contributed by atoms with van der Waals surface area (Å²) in [4.78, 5) is 22.9. The largest absolute Gasteiger partial charge is 0.487 e. The first kappa shape index (κ1) is 12.8. The molecule has 0 aromatic carbocycles. The van der Waals surface area contributed by atoms with Gasteiger partial charge in [-0.3, -0.25) is 14.9 Å². The van der Waals surface area contributed by atoms with Gasteiger partial charge in [0.25, 0.3) is 5.91 Å². The maximum absolute atomic E-state index is 11.8. The molecule has 20 heavy (non-hydrogen) atoms. The number of hydrogen-bond acceptors (Lipinski definition) is 6. The zero-order valence-electron chi connectivity index (χ0n) is 10.7. The van der Waals surface area contributed by atoms with Crippen LogP contribution in [0.15, 0.2) is 17.6 Å². The fourth-order valence-electron chi connectivity index (χ4n) is 2.13. The number of piperidine rings is 1. The molecule has 1 aliphatic rings. The first-order valence-electron chi connectivity index (χ1n) is 6.06. The summed E-state index contributed by atoms with van der Waals surface area (Å²) in [6.07, 6.45) is 2.45. The molecule has 1 saturated heterocycles. The number of ether oxygens (including phenoxy) is 1. The van der Waals surface area contributed by atoms with Crippen molar-refractivity contribution in [2.24, 2.45) is 0 Å². The second-order valence-corrected chi connectivity index (χ2v) is 5.26. The molecule has 0 aliphatic carbocycles. The summed E-state index contributed by atoms with van der Waals surface area (Å²) < 4.78 is 6.74. The van der Waals surface area contributed by atoms with Gasteiger partial charge in [0.1, 0.15) is 11.7 Å². The number of thiophene rings is 1. The average molecular weight is 292 g/mol. The van der Waals surface area contributed by atoms with Gasteiger partial charge in [0, 0.05) is 6.42 Å². The van der Waals surface area contributed by atoms with Crippen LogP contribution < -0.4 is 10.1 Å². The molecule has 1 N–H and O–H groups in total. The van der Waals surface area contributed by atoms with Gasteiger partial charge in [-0.2, -0.15) is 0 Å².